The average Bonchev–Trinajstić information content (AvgIpc) is 3.19. The maximum atomic E-state index is 4.57. The van der Waals surface area contributed by atoms with Crippen LogP contribution in [0.4, 0.5) is 11.4 Å². The van der Waals surface area contributed by atoms with Gasteiger partial charge in [0, 0.05) is 12.4 Å². The molecule has 0 unspecified atom stereocenters. The second kappa shape index (κ2) is 6.26. The summed E-state index contributed by atoms with van der Waals surface area (Å²) < 4.78 is 0. The largest absolute Gasteiger partial charge is 0.360 e. The van der Waals surface area contributed by atoms with Crippen LogP contribution in [-0.2, 0) is 0 Å². The van der Waals surface area contributed by atoms with Crippen molar-refractivity contribution in [2.45, 2.75) is 13.8 Å². The van der Waals surface area contributed by atoms with E-state index in [0.29, 0.717) is 0 Å². The van der Waals surface area contributed by atoms with Gasteiger partial charge >= 0.3 is 0 Å². The molecule has 4 heteroatoms. The number of H-pyrrole nitrogens is 2. The molecule has 0 radical (unpaired) electrons. The number of benzene rings is 1. The molecule has 2 aromatic heterocycles. The molecular weight excluding hydrogens is 272 g/mol. The van der Waals surface area contributed by atoms with Crippen LogP contribution in [0.2, 0.25) is 0 Å². The molecule has 2 N–H and O–H groups in total. The summed E-state index contributed by atoms with van der Waals surface area (Å²) in [4.78, 5) is 15.4. The topological polar surface area (TPSA) is 56.3 Å². The summed E-state index contributed by atoms with van der Waals surface area (Å²) in [5.74, 6) is 0. The van der Waals surface area contributed by atoms with Gasteiger partial charge in [-0.05, 0) is 61.4 Å². The highest BCUT2D eigenvalue weighted by molar-refractivity contribution is 5.85. The van der Waals surface area contributed by atoms with Crippen molar-refractivity contribution in [2.75, 3.05) is 0 Å². The van der Waals surface area contributed by atoms with Crippen LogP contribution in [0.25, 0.3) is 0 Å². The van der Waals surface area contributed by atoms with E-state index in [0.717, 1.165) is 22.8 Å². The van der Waals surface area contributed by atoms with Gasteiger partial charge < -0.3 is 9.97 Å². The molecule has 22 heavy (non-hydrogen) atoms. The number of hydrogen-bond acceptors (Lipinski definition) is 2. The average molecular weight is 290 g/mol. The molecular formula is C18H18N4. The Labute approximate surface area is 129 Å². The van der Waals surface area contributed by atoms with Crippen LogP contribution in [0.5, 0.6) is 0 Å². The highest BCUT2D eigenvalue weighted by Gasteiger charge is 2.03. The Morgan fingerprint density at radius 1 is 0.773 bits per heavy atom. The predicted molar refractivity (Wildman–Crippen MR) is 92.0 cm³/mol. The number of hydrogen-bond donors (Lipinski definition) is 2. The fourth-order valence-corrected chi connectivity index (χ4v) is 2.12. The van der Waals surface area contributed by atoms with E-state index in [1.54, 1.807) is 0 Å². The highest BCUT2D eigenvalue weighted by atomic mass is 14.8. The summed E-state index contributed by atoms with van der Waals surface area (Å²) >= 11 is 0. The van der Waals surface area contributed by atoms with E-state index in [1.807, 2.05) is 49.1 Å². The summed E-state index contributed by atoms with van der Waals surface area (Å²) in [6.07, 6.45) is 7.40. The molecule has 0 atom stereocenters. The minimum absolute atomic E-state index is 0.862. The summed E-state index contributed by atoms with van der Waals surface area (Å²) in [6, 6.07) is 12.0. The van der Waals surface area contributed by atoms with Crippen molar-refractivity contribution in [3.8, 4) is 0 Å². The molecule has 110 valence electrons. The molecule has 3 rings (SSSR count). The van der Waals surface area contributed by atoms with Crippen LogP contribution < -0.4 is 0 Å². The van der Waals surface area contributed by atoms with Gasteiger partial charge in [-0.25, -0.2) is 0 Å². The van der Waals surface area contributed by atoms with Crippen LogP contribution in [0.3, 0.4) is 0 Å². The van der Waals surface area contributed by atoms with Crippen molar-refractivity contribution in [3.05, 3.63) is 71.3 Å². The number of aryl methyl sites for hydroxylation is 2. The first-order valence-electron chi connectivity index (χ1n) is 7.18. The Morgan fingerprint density at radius 3 is 1.59 bits per heavy atom. The van der Waals surface area contributed by atoms with E-state index in [-0.39, 0.29) is 0 Å². The number of rotatable bonds is 4. The molecule has 1 aromatic carbocycles. The van der Waals surface area contributed by atoms with Crippen LogP contribution in [0, 0.1) is 13.8 Å². The second-order valence-corrected chi connectivity index (χ2v) is 5.19. The van der Waals surface area contributed by atoms with Gasteiger partial charge in [0.2, 0.25) is 0 Å². The molecule has 0 spiro atoms. The Morgan fingerprint density at radius 2 is 1.23 bits per heavy atom. The number of aromatic amines is 2. The lowest BCUT2D eigenvalue weighted by Crippen LogP contribution is -1.84. The smallest absolute Gasteiger partial charge is 0.0889 e. The number of aromatic nitrogens is 2. The Balaban J connectivity index is 1.95. The van der Waals surface area contributed by atoms with Crippen molar-refractivity contribution in [1.82, 2.24) is 9.97 Å². The van der Waals surface area contributed by atoms with Gasteiger partial charge in [0.15, 0.2) is 0 Å². The van der Waals surface area contributed by atoms with Gasteiger partial charge in [-0.2, -0.15) is 0 Å². The van der Waals surface area contributed by atoms with Gasteiger partial charge in [-0.15, -0.1) is 0 Å². The summed E-state index contributed by atoms with van der Waals surface area (Å²) in [6.45, 7) is 4.17. The molecule has 0 aliphatic heterocycles. The molecule has 4 nitrogen and oxygen atoms in total. The van der Waals surface area contributed by atoms with Gasteiger partial charge in [0.25, 0.3) is 0 Å². The minimum Gasteiger partial charge on any atom is -0.360 e. The van der Waals surface area contributed by atoms with E-state index >= 15 is 0 Å². The normalized spacial score (nSPS) is 11.7. The van der Waals surface area contributed by atoms with Gasteiger partial charge in [0.1, 0.15) is 0 Å². The number of nitrogens with zero attached hydrogens (tertiary/aromatic N) is 2. The molecule has 0 aliphatic carbocycles. The first-order valence-corrected chi connectivity index (χ1v) is 7.18. The Kier molecular flexibility index (Phi) is 4.01. The van der Waals surface area contributed by atoms with E-state index < -0.39 is 0 Å². The lowest BCUT2D eigenvalue weighted by atomic mass is 10.1. The van der Waals surface area contributed by atoms with Crippen molar-refractivity contribution >= 4 is 23.8 Å². The molecule has 0 amide bonds. The maximum Gasteiger partial charge on any atom is 0.0889 e. The molecule has 0 saturated heterocycles. The molecule has 0 saturated carbocycles. The van der Waals surface area contributed by atoms with Crippen LogP contribution in [-0.4, -0.2) is 22.4 Å². The summed E-state index contributed by atoms with van der Waals surface area (Å²) in [7, 11) is 0. The van der Waals surface area contributed by atoms with Gasteiger partial charge in [0.05, 0.1) is 35.2 Å². The third-order valence-electron chi connectivity index (χ3n) is 3.52. The number of aliphatic imine (C=N–C) groups is 2. The van der Waals surface area contributed by atoms with E-state index in [2.05, 4.69) is 45.9 Å². The number of nitrogens with one attached hydrogen (secondary N) is 2. The standard InChI is InChI=1S/C18H18N4/c1-13-9-17(21-11-15-5-3-7-19-15)18(10-14(13)2)22-12-16-6-4-8-20-16/h3-12,19-20H,1-2H3. The van der Waals surface area contributed by atoms with Crippen molar-refractivity contribution in [1.29, 1.82) is 0 Å². The second-order valence-electron chi connectivity index (χ2n) is 5.19. The van der Waals surface area contributed by atoms with Crippen molar-refractivity contribution < 1.29 is 0 Å². The fourth-order valence-electron chi connectivity index (χ4n) is 2.12. The van der Waals surface area contributed by atoms with Gasteiger partial charge in [-0.3, -0.25) is 9.98 Å². The monoisotopic (exact) mass is 290 g/mol. The third kappa shape index (κ3) is 3.23. The lowest BCUT2D eigenvalue weighted by molar-refractivity contribution is 1.30. The zero-order valence-electron chi connectivity index (χ0n) is 12.7. The molecule has 3 aromatic rings. The highest BCUT2D eigenvalue weighted by Crippen LogP contribution is 2.31. The lowest BCUT2D eigenvalue weighted by Gasteiger charge is -2.05. The zero-order chi connectivity index (χ0) is 15.4. The summed E-state index contributed by atoms with van der Waals surface area (Å²) in [5.41, 5.74) is 6.07. The Hall–Kier alpha value is -2.88. The molecule has 0 bridgehead atoms. The van der Waals surface area contributed by atoms with Crippen molar-refractivity contribution in [2.24, 2.45) is 9.98 Å². The quantitative estimate of drug-likeness (QED) is 0.667. The minimum atomic E-state index is 0.862. The zero-order valence-corrected chi connectivity index (χ0v) is 12.7. The van der Waals surface area contributed by atoms with Gasteiger partial charge in [-0.1, -0.05) is 0 Å². The molecule has 0 fully saturated rings. The van der Waals surface area contributed by atoms with E-state index in [1.165, 1.54) is 11.1 Å². The first-order chi connectivity index (χ1) is 10.7. The maximum absolute atomic E-state index is 4.57. The van der Waals surface area contributed by atoms with Crippen LogP contribution >= 0.6 is 0 Å². The van der Waals surface area contributed by atoms with Crippen molar-refractivity contribution in [3.63, 3.8) is 0 Å². The summed E-state index contributed by atoms with van der Waals surface area (Å²) in [5, 5.41) is 0. The molecule has 0 aliphatic rings. The third-order valence-corrected chi connectivity index (χ3v) is 3.52. The molecule has 2 heterocycles. The van der Waals surface area contributed by atoms with Crippen LogP contribution in [0.1, 0.15) is 22.5 Å². The Bertz CT molecular complexity index is 725. The van der Waals surface area contributed by atoms with Crippen LogP contribution in [0.15, 0.2) is 58.8 Å². The predicted octanol–water partition coefficient (Wildman–Crippen LogP) is 4.46. The SMILES string of the molecule is Cc1cc(N=Cc2ccc[nH]2)c(N=Cc2ccc[nH]2)cc1C. The fraction of sp³-hybridized carbons (Fsp3) is 0.111. The van der Waals surface area contributed by atoms with E-state index in [9.17, 15) is 0 Å². The van der Waals surface area contributed by atoms with E-state index in [4.69, 9.17) is 0 Å². The first kappa shape index (κ1) is 14.1.